The molecule has 0 radical (unpaired) electrons. The van der Waals surface area contributed by atoms with E-state index in [0.717, 1.165) is 12.0 Å². The van der Waals surface area contributed by atoms with E-state index in [2.05, 4.69) is 9.97 Å². The van der Waals surface area contributed by atoms with E-state index in [9.17, 15) is 27.2 Å². The minimum Gasteiger partial charge on any atom is -0.400 e. The fourth-order valence-corrected chi connectivity index (χ4v) is 3.24. The monoisotopic (exact) mass is 410 g/mol. The Balaban J connectivity index is 0.00000126. The van der Waals surface area contributed by atoms with Crippen LogP contribution in [0.25, 0.3) is 11.0 Å². The van der Waals surface area contributed by atoms with Crippen LogP contribution in [0, 0.1) is 18.3 Å². The molecule has 2 aromatic rings. The Hall–Kier alpha value is -2.12. The Kier molecular flexibility index (Phi) is 5.87. The molecule has 1 fully saturated rings. The summed E-state index contributed by atoms with van der Waals surface area (Å²) in [4.78, 5) is 7.38. The second-order valence-electron chi connectivity index (χ2n) is 5.96. The maximum Gasteiger partial charge on any atom is 0.434 e. The van der Waals surface area contributed by atoms with Crippen LogP contribution in [0.5, 0.6) is 0 Å². The van der Waals surface area contributed by atoms with Gasteiger partial charge in [-0.2, -0.15) is 18.4 Å². The third-order valence-corrected chi connectivity index (χ3v) is 4.57. The van der Waals surface area contributed by atoms with Crippen LogP contribution in [0.4, 0.5) is 27.6 Å². The fraction of sp³-hybridized carbons (Fsp3) is 0.500. The molecule has 3 heterocycles. The van der Waals surface area contributed by atoms with Gasteiger partial charge in [-0.15, -0.1) is 0 Å². The standard InChI is InChI=1S/C15H12ClF5N4.CH4O/c1-7-9(16)10-11(23-7)12(25-4-2-3-14(17,18)6-25)8(5-22)13(24-10)15(19,20)21;1-2/h23H,2-4,6H2,1H3;2H,1H3. The van der Waals surface area contributed by atoms with Crippen molar-refractivity contribution >= 4 is 28.3 Å². The minimum absolute atomic E-state index is 0.0324. The van der Waals surface area contributed by atoms with Crippen molar-refractivity contribution in [3.05, 3.63) is 22.0 Å². The first-order valence-corrected chi connectivity index (χ1v) is 8.19. The molecule has 1 saturated heterocycles. The Labute approximate surface area is 156 Å². The number of aliphatic hydroxyl groups is 1. The van der Waals surface area contributed by atoms with Crippen LogP contribution in [-0.2, 0) is 6.18 Å². The molecule has 3 rings (SSSR count). The van der Waals surface area contributed by atoms with Gasteiger partial charge in [0.15, 0.2) is 5.69 Å². The van der Waals surface area contributed by atoms with E-state index in [-0.39, 0.29) is 41.1 Å². The highest BCUT2D eigenvalue weighted by molar-refractivity contribution is 6.36. The van der Waals surface area contributed by atoms with Crippen molar-refractivity contribution in [3.8, 4) is 6.07 Å². The predicted molar refractivity (Wildman–Crippen MR) is 90.1 cm³/mol. The Bertz CT molecular complexity index is 888. The summed E-state index contributed by atoms with van der Waals surface area (Å²) in [6.07, 6.45) is -5.17. The molecule has 2 aromatic heterocycles. The van der Waals surface area contributed by atoms with Crippen LogP contribution < -0.4 is 4.90 Å². The number of nitrogens with zero attached hydrogens (tertiary/aromatic N) is 3. The van der Waals surface area contributed by atoms with Crippen molar-refractivity contribution < 1.29 is 27.1 Å². The van der Waals surface area contributed by atoms with E-state index in [1.54, 1.807) is 0 Å². The zero-order valence-electron chi connectivity index (χ0n) is 14.4. The van der Waals surface area contributed by atoms with Gasteiger partial charge in [-0.3, -0.25) is 0 Å². The number of piperidine rings is 1. The number of pyridine rings is 1. The highest BCUT2D eigenvalue weighted by atomic mass is 35.5. The van der Waals surface area contributed by atoms with Crippen LogP contribution >= 0.6 is 11.6 Å². The molecular formula is C16H16ClF5N4O. The average molecular weight is 411 g/mol. The number of aromatic nitrogens is 2. The summed E-state index contributed by atoms with van der Waals surface area (Å²) in [6, 6.07) is 1.48. The largest absolute Gasteiger partial charge is 0.434 e. The number of halogens is 6. The fourth-order valence-electron chi connectivity index (χ4n) is 3.05. The maximum atomic E-state index is 13.8. The van der Waals surface area contributed by atoms with Crippen molar-refractivity contribution in [1.29, 1.82) is 5.26 Å². The number of alkyl halides is 5. The first-order chi connectivity index (χ1) is 12.5. The van der Waals surface area contributed by atoms with Gasteiger partial charge in [0.2, 0.25) is 0 Å². The molecule has 0 atom stereocenters. The lowest BCUT2D eigenvalue weighted by Crippen LogP contribution is -2.43. The van der Waals surface area contributed by atoms with E-state index >= 15 is 0 Å². The number of aliphatic hydroxyl groups excluding tert-OH is 1. The van der Waals surface area contributed by atoms with E-state index in [1.807, 2.05) is 0 Å². The van der Waals surface area contributed by atoms with Gasteiger partial charge >= 0.3 is 6.18 Å². The molecule has 2 N–H and O–H groups in total. The molecule has 1 aliphatic heterocycles. The molecule has 5 nitrogen and oxygen atoms in total. The summed E-state index contributed by atoms with van der Waals surface area (Å²) < 4.78 is 67.7. The van der Waals surface area contributed by atoms with E-state index in [1.165, 1.54) is 13.0 Å². The van der Waals surface area contributed by atoms with E-state index in [4.69, 9.17) is 16.7 Å². The Morgan fingerprint density at radius 3 is 2.48 bits per heavy atom. The van der Waals surface area contributed by atoms with Gasteiger partial charge in [0.05, 0.1) is 22.8 Å². The van der Waals surface area contributed by atoms with Crippen LogP contribution in [0.15, 0.2) is 0 Å². The molecule has 27 heavy (non-hydrogen) atoms. The van der Waals surface area contributed by atoms with Gasteiger partial charge in [0.25, 0.3) is 5.92 Å². The molecule has 0 spiro atoms. The molecule has 0 aliphatic carbocycles. The predicted octanol–water partition coefficient (Wildman–Crippen LogP) is 4.26. The summed E-state index contributed by atoms with van der Waals surface area (Å²) in [6.45, 7) is 0.863. The Morgan fingerprint density at radius 2 is 1.96 bits per heavy atom. The number of hydrogen-bond donors (Lipinski definition) is 2. The van der Waals surface area contributed by atoms with Crippen LogP contribution in [0.3, 0.4) is 0 Å². The normalized spacial score (nSPS) is 16.7. The molecule has 0 saturated carbocycles. The van der Waals surface area contributed by atoms with Gasteiger partial charge in [-0.05, 0) is 13.3 Å². The van der Waals surface area contributed by atoms with E-state index in [0.29, 0.717) is 5.69 Å². The van der Waals surface area contributed by atoms with Gasteiger partial charge in [-0.25, -0.2) is 13.8 Å². The Morgan fingerprint density at radius 1 is 1.33 bits per heavy atom. The lowest BCUT2D eigenvalue weighted by Gasteiger charge is -2.35. The van der Waals surface area contributed by atoms with Gasteiger partial charge < -0.3 is 15.0 Å². The topological polar surface area (TPSA) is 75.9 Å². The highest BCUT2D eigenvalue weighted by Crippen LogP contribution is 2.42. The summed E-state index contributed by atoms with van der Waals surface area (Å²) in [5, 5.41) is 16.3. The third kappa shape index (κ3) is 3.94. The number of fused-ring (bicyclic) bond motifs is 1. The zero-order chi connectivity index (χ0) is 20.6. The number of nitrogens with one attached hydrogen (secondary N) is 1. The number of hydrogen-bond acceptors (Lipinski definition) is 4. The quantitative estimate of drug-likeness (QED) is 0.689. The number of H-pyrrole nitrogens is 1. The van der Waals surface area contributed by atoms with Crippen LogP contribution in [0.2, 0.25) is 5.02 Å². The van der Waals surface area contributed by atoms with Crippen LogP contribution in [0.1, 0.15) is 29.8 Å². The second-order valence-corrected chi connectivity index (χ2v) is 6.34. The number of aromatic amines is 1. The van der Waals surface area contributed by atoms with Crippen molar-refractivity contribution in [2.45, 2.75) is 31.9 Å². The molecule has 1 aliphatic rings. The molecule has 0 amide bonds. The first-order valence-electron chi connectivity index (χ1n) is 7.82. The van der Waals surface area contributed by atoms with Gasteiger partial charge in [0.1, 0.15) is 17.1 Å². The number of rotatable bonds is 1. The maximum absolute atomic E-state index is 13.8. The zero-order valence-corrected chi connectivity index (χ0v) is 15.1. The first kappa shape index (κ1) is 21.2. The smallest absolute Gasteiger partial charge is 0.400 e. The summed E-state index contributed by atoms with van der Waals surface area (Å²) >= 11 is 6.02. The second kappa shape index (κ2) is 7.48. The van der Waals surface area contributed by atoms with Crippen LogP contribution in [-0.4, -0.2) is 41.2 Å². The number of anilines is 1. The van der Waals surface area contributed by atoms with Crippen molar-refractivity contribution in [2.75, 3.05) is 25.1 Å². The molecule has 0 bridgehead atoms. The van der Waals surface area contributed by atoms with E-state index < -0.39 is 29.9 Å². The lowest BCUT2D eigenvalue weighted by atomic mass is 10.0. The van der Waals surface area contributed by atoms with Gasteiger partial charge in [-0.1, -0.05) is 11.6 Å². The third-order valence-electron chi connectivity index (χ3n) is 4.11. The molecule has 0 aromatic carbocycles. The average Bonchev–Trinajstić information content (AvgIpc) is 2.87. The summed E-state index contributed by atoms with van der Waals surface area (Å²) in [7, 11) is 1.00. The molecule has 148 valence electrons. The molecule has 11 heteroatoms. The lowest BCUT2D eigenvalue weighted by molar-refractivity contribution is -0.141. The molecular weight excluding hydrogens is 395 g/mol. The summed E-state index contributed by atoms with van der Waals surface area (Å²) in [5.41, 5.74) is -2.21. The van der Waals surface area contributed by atoms with Crippen molar-refractivity contribution in [1.82, 2.24) is 9.97 Å². The van der Waals surface area contributed by atoms with Crippen molar-refractivity contribution in [2.24, 2.45) is 0 Å². The van der Waals surface area contributed by atoms with Gasteiger partial charge in [0, 0.05) is 25.8 Å². The number of nitriles is 1. The highest BCUT2D eigenvalue weighted by Gasteiger charge is 2.42. The summed E-state index contributed by atoms with van der Waals surface area (Å²) in [5.74, 6) is -3.05. The minimum atomic E-state index is -4.92. The molecule has 0 unspecified atom stereocenters. The SMILES string of the molecule is CO.Cc1[nH]c2c(N3CCCC(F)(F)C3)c(C#N)c(C(F)(F)F)nc2c1Cl. The number of aryl methyl sites for hydroxylation is 1. The van der Waals surface area contributed by atoms with Crippen molar-refractivity contribution in [3.63, 3.8) is 0 Å².